The number of nitrogens with zero attached hydrogens (tertiary/aromatic N) is 1. The number of amides is 2. The van der Waals surface area contributed by atoms with E-state index in [-0.39, 0.29) is 25.0 Å². The molecule has 2 rings (SSSR count). The third-order valence-corrected chi connectivity index (χ3v) is 3.13. The van der Waals surface area contributed by atoms with Gasteiger partial charge in [0.2, 0.25) is 5.91 Å². The minimum absolute atomic E-state index is 0.0309. The molecule has 0 bridgehead atoms. The molecule has 7 heteroatoms. The summed E-state index contributed by atoms with van der Waals surface area (Å²) in [6.07, 6.45) is 0. The van der Waals surface area contributed by atoms with Crippen LogP contribution in [0.3, 0.4) is 0 Å². The summed E-state index contributed by atoms with van der Waals surface area (Å²) in [6.45, 7) is 0.668. The predicted molar refractivity (Wildman–Crippen MR) is 74.1 cm³/mol. The van der Waals surface area contributed by atoms with Crippen molar-refractivity contribution in [2.24, 2.45) is 5.73 Å². The van der Waals surface area contributed by atoms with Crippen molar-refractivity contribution in [2.75, 3.05) is 31.1 Å². The topological polar surface area (TPSA) is 84.7 Å². The second kappa shape index (κ2) is 6.03. The smallest absolute Gasteiger partial charge is 0.265 e. The molecule has 0 saturated carbocycles. The highest BCUT2D eigenvalue weighted by molar-refractivity contribution is 9.10. The fourth-order valence-electron chi connectivity index (χ4n) is 1.76. The van der Waals surface area contributed by atoms with Crippen LogP contribution in [0.25, 0.3) is 0 Å². The Labute approximate surface area is 119 Å². The summed E-state index contributed by atoms with van der Waals surface area (Å²) >= 11 is 3.33. The number of hydrogen-bond acceptors (Lipinski definition) is 4. The zero-order valence-electron chi connectivity index (χ0n) is 10.2. The van der Waals surface area contributed by atoms with Crippen molar-refractivity contribution in [1.82, 2.24) is 5.32 Å². The molecule has 0 aromatic heterocycles. The van der Waals surface area contributed by atoms with Gasteiger partial charge >= 0.3 is 0 Å². The van der Waals surface area contributed by atoms with E-state index in [1.165, 1.54) is 4.90 Å². The van der Waals surface area contributed by atoms with E-state index >= 15 is 0 Å². The molecule has 0 aliphatic carbocycles. The molecule has 0 spiro atoms. The Bertz CT molecular complexity index is 507. The van der Waals surface area contributed by atoms with Crippen LogP contribution in [0.15, 0.2) is 22.7 Å². The maximum atomic E-state index is 11.8. The minimum Gasteiger partial charge on any atom is -0.482 e. The number of hydrogen-bond donors (Lipinski definition) is 2. The van der Waals surface area contributed by atoms with Gasteiger partial charge in [0.15, 0.2) is 6.61 Å². The molecule has 3 N–H and O–H groups in total. The van der Waals surface area contributed by atoms with Gasteiger partial charge in [-0.25, -0.2) is 0 Å². The number of nitrogens with two attached hydrogens (primary N) is 1. The number of carbonyl (C=O) groups excluding carboxylic acids is 2. The number of carbonyl (C=O) groups is 2. The molecule has 1 aromatic rings. The van der Waals surface area contributed by atoms with Crippen LogP contribution in [0, 0.1) is 0 Å². The molecule has 1 aliphatic heterocycles. The van der Waals surface area contributed by atoms with E-state index in [2.05, 4.69) is 21.2 Å². The Kier molecular flexibility index (Phi) is 4.39. The van der Waals surface area contributed by atoms with Crippen molar-refractivity contribution in [3.63, 3.8) is 0 Å². The van der Waals surface area contributed by atoms with Gasteiger partial charge in [0.25, 0.3) is 5.91 Å². The summed E-state index contributed by atoms with van der Waals surface area (Å²) in [4.78, 5) is 24.9. The monoisotopic (exact) mass is 327 g/mol. The predicted octanol–water partition coefficient (Wildman–Crippen LogP) is 0.249. The van der Waals surface area contributed by atoms with Gasteiger partial charge in [-0.3, -0.25) is 14.5 Å². The Morgan fingerprint density at radius 3 is 3.05 bits per heavy atom. The van der Waals surface area contributed by atoms with E-state index in [1.54, 1.807) is 18.2 Å². The summed E-state index contributed by atoms with van der Waals surface area (Å²) in [5, 5.41) is 2.63. The summed E-state index contributed by atoms with van der Waals surface area (Å²) in [6, 6.07) is 5.31. The molecule has 0 unspecified atom stereocenters. The van der Waals surface area contributed by atoms with Crippen molar-refractivity contribution in [1.29, 1.82) is 0 Å². The Morgan fingerprint density at radius 2 is 2.32 bits per heavy atom. The molecule has 0 fully saturated rings. The maximum Gasteiger partial charge on any atom is 0.265 e. The van der Waals surface area contributed by atoms with E-state index in [9.17, 15) is 9.59 Å². The third-order valence-electron chi connectivity index (χ3n) is 2.63. The molecule has 1 aliphatic rings. The molecule has 0 atom stereocenters. The quantitative estimate of drug-likeness (QED) is 0.830. The number of anilines is 1. The van der Waals surface area contributed by atoms with Crippen molar-refractivity contribution in [2.45, 2.75) is 0 Å². The molecule has 102 valence electrons. The number of halogens is 1. The lowest BCUT2D eigenvalue weighted by atomic mass is 10.2. The third kappa shape index (κ3) is 3.24. The number of rotatable bonds is 4. The van der Waals surface area contributed by atoms with Crippen LogP contribution in [0.4, 0.5) is 5.69 Å². The van der Waals surface area contributed by atoms with E-state index in [0.717, 1.165) is 4.47 Å². The van der Waals surface area contributed by atoms with Crippen molar-refractivity contribution < 1.29 is 14.3 Å². The van der Waals surface area contributed by atoms with Crippen LogP contribution in [-0.2, 0) is 9.59 Å². The molecule has 2 amide bonds. The van der Waals surface area contributed by atoms with E-state index in [4.69, 9.17) is 10.5 Å². The van der Waals surface area contributed by atoms with Gasteiger partial charge in [0, 0.05) is 17.6 Å². The van der Waals surface area contributed by atoms with Crippen LogP contribution in [0.1, 0.15) is 0 Å². The van der Waals surface area contributed by atoms with Gasteiger partial charge in [-0.2, -0.15) is 0 Å². The lowest BCUT2D eigenvalue weighted by Crippen LogP contribution is -2.45. The number of benzene rings is 1. The lowest BCUT2D eigenvalue weighted by molar-refractivity contribution is -0.125. The normalized spacial score (nSPS) is 13.8. The van der Waals surface area contributed by atoms with Gasteiger partial charge in [-0.05, 0) is 18.2 Å². The van der Waals surface area contributed by atoms with Crippen molar-refractivity contribution in [3.8, 4) is 5.75 Å². The summed E-state index contributed by atoms with van der Waals surface area (Å²) in [5.74, 6) is 0.105. The van der Waals surface area contributed by atoms with E-state index < -0.39 is 0 Å². The largest absolute Gasteiger partial charge is 0.482 e. The summed E-state index contributed by atoms with van der Waals surface area (Å²) in [7, 11) is 0. The molecule has 19 heavy (non-hydrogen) atoms. The second-order valence-corrected chi connectivity index (χ2v) is 4.93. The standard InChI is InChI=1S/C12H14BrN3O3/c13-8-1-2-9-10(5-8)19-7-12(18)16(9)6-11(17)15-4-3-14/h1-2,5H,3-4,6-7,14H2,(H,15,17). The first kappa shape index (κ1) is 13.8. The number of nitrogens with one attached hydrogen (secondary N) is 1. The fraction of sp³-hybridized carbons (Fsp3) is 0.333. The van der Waals surface area contributed by atoms with Gasteiger partial charge in [-0.15, -0.1) is 0 Å². The van der Waals surface area contributed by atoms with Crippen LogP contribution in [-0.4, -0.2) is 38.1 Å². The Morgan fingerprint density at radius 1 is 1.53 bits per heavy atom. The van der Waals surface area contributed by atoms with Crippen LogP contribution in [0.5, 0.6) is 5.75 Å². The highest BCUT2D eigenvalue weighted by atomic mass is 79.9. The molecule has 6 nitrogen and oxygen atoms in total. The van der Waals surface area contributed by atoms with Gasteiger partial charge in [-0.1, -0.05) is 15.9 Å². The molecule has 1 aromatic carbocycles. The van der Waals surface area contributed by atoms with Crippen LogP contribution in [0.2, 0.25) is 0 Å². The molecule has 1 heterocycles. The zero-order chi connectivity index (χ0) is 13.8. The highest BCUT2D eigenvalue weighted by Gasteiger charge is 2.27. The average Bonchev–Trinajstić information content (AvgIpc) is 2.39. The maximum absolute atomic E-state index is 11.8. The first-order chi connectivity index (χ1) is 9.11. The van der Waals surface area contributed by atoms with E-state index in [1.807, 2.05) is 0 Å². The summed E-state index contributed by atoms with van der Waals surface area (Å²) in [5.41, 5.74) is 5.91. The second-order valence-electron chi connectivity index (χ2n) is 4.02. The van der Waals surface area contributed by atoms with Gasteiger partial charge in [0.1, 0.15) is 12.3 Å². The Hall–Kier alpha value is -1.60. The zero-order valence-corrected chi connectivity index (χ0v) is 11.8. The highest BCUT2D eigenvalue weighted by Crippen LogP contribution is 2.34. The summed E-state index contributed by atoms with van der Waals surface area (Å²) < 4.78 is 6.19. The molecule has 0 radical (unpaired) electrons. The van der Waals surface area contributed by atoms with Gasteiger partial charge < -0.3 is 15.8 Å². The first-order valence-corrected chi connectivity index (χ1v) is 6.60. The van der Waals surface area contributed by atoms with E-state index in [0.29, 0.717) is 24.5 Å². The average molecular weight is 328 g/mol. The van der Waals surface area contributed by atoms with Crippen LogP contribution < -0.4 is 20.7 Å². The SMILES string of the molecule is NCCNC(=O)CN1C(=O)COc2cc(Br)ccc21. The van der Waals surface area contributed by atoms with Gasteiger partial charge in [0.05, 0.1) is 5.69 Å². The van der Waals surface area contributed by atoms with Crippen molar-refractivity contribution in [3.05, 3.63) is 22.7 Å². The fourth-order valence-corrected chi connectivity index (χ4v) is 2.10. The number of fused-ring (bicyclic) bond motifs is 1. The minimum atomic E-state index is -0.241. The Balaban J connectivity index is 2.16. The molecular weight excluding hydrogens is 314 g/mol. The molecule has 0 saturated heterocycles. The molecular formula is C12H14BrN3O3. The van der Waals surface area contributed by atoms with Crippen LogP contribution >= 0.6 is 15.9 Å². The first-order valence-electron chi connectivity index (χ1n) is 5.81. The van der Waals surface area contributed by atoms with Crippen molar-refractivity contribution >= 4 is 33.4 Å². The number of ether oxygens (including phenoxy) is 1. The lowest BCUT2D eigenvalue weighted by Gasteiger charge is -2.28.